The van der Waals surface area contributed by atoms with E-state index in [1.54, 1.807) is 30.3 Å². The molecule has 5 rings (SSSR count). The van der Waals surface area contributed by atoms with Crippen LogP contribution in [-0.4, -0.2) is 50.1 Å². The summed E-state index contributed by atoms with van der Waals surface area (Å²) in [6.45, 7) is 3.82. The number of carbonyl (C=O) groups is 1. The van der Waals surface area contributed by atoms with Crippen molar-refractivity contribution in [3.8, 4) is 0 Å². The number of hydrogen-bond acceptors (Lipinski definition) is 3. The molecule has 39 heavy (non-hydrogen) atoms. The summed E-state index contributed by atoms with van der Waals surface area (Å²) in [6.07, 6.45) is -3.05. The van der Waals surface area contributed by atoms with E-state index in [1.165, 1.54) is 24.3 Å². The third-order valence-electron chi connectivity index (χ3n) is 7.87. The van der Waals surface area contributed by atoms with E-state index in [1.807, 2.05) is 17.0 Å². The second-order valence-corrected chi connectivity index (χ2v) is 10.8. The van der Waals surface area contributed by atoms with Crippen molar-refractivity contribution in [2.45, 2.75) is 24.4 Å². The Morgan fingerprint density at radius 3 is 2.33 bits per heavy atom. The zero-order valence-electron chi connectivity index (χ0n) is 21.4. The van der Waals surface area contributed by atoms with Gasteiger partial charge in [-0.05, 0) is 72.4 Å². The maximum absolute atomic E-state index is 13.5. The molecule has 0 unspecified atom stereocenters. The van der Waals surface area contributed by atoms with Gasteiger partial charge in [0.15, 0.2) is 0 Å². The normalized spacial score (nSPS) is 21.6. The number of hydrogen-bond donors (Lipinski definition) is 1. The molecule has 206 valence electrons. The highest BCUT2D eigenvalue weighted by atomic mass is 35.5. The molecule has 1 heterocycles. The van der Waals surface area contributed by atoms with Crippen molar-refractivity contribution in [1.82, 2.24) is 10.2 Å². The molecule has 0 bridgehead atoms. The topological polar surface area (TPSA) is 35.6 Å². The highest BCUT2D eigenvalue weighted by Gasteiger charge is 2.61. The van der Waals surface area contributed by atoms with Gasteiger partial charge in [0.2, 0.25) is 5.91 Å². The fourth-order valence-electron chi connectivity index (χ4n) is 5.57. The molecular weight excluding hydrogens is 530 g/mol. The van der Waals surface area contributed by atoms with Crippen LogP contribution in [0.5, 0.6) is 0 Å². The van der Waals surface area contributed by atoms with E-state index in [0.29, 0.717) is 56.3 Å². The van der Waals surface area contributed by atoms with E-state index in [4.69, 9.17) is 11.6 Å². The van der Waals surface area contributed by atoms with Gasteiger partial charge < -0.3 is 10.2 Å². The van der Waals surface area contributed by atoms with E-state index in [9.17, 15) is 22.4 Å². The van der Waals surface area contributed by atoms with E-state index in [0.717, 1.165) is 23.7 Å². The first-order valence-electron chi connectivity index (χ1n) is 13.1. The molecule has 1 aliphatic carbocycles. The lowest BCUT2D eigenvalue weighted by molar-refractivity contribution is -0.137. The second-order valence-electron chi connectivity index (χ2n) is 10.3. The van der Waals surface area contributed by atoms with Crippen molar-refractivity contribution in [2.75, 3.05) is 44.2 Å². The molecule has 1 saturated heterocycles. The Kier molecular flexibility index (Phi) is 7.87. The number of nitrogens with one attached hydrogen (secondary N) is 1. The van der Waals surface area contributed by atoms with Crippen LogP contribution in [0.15, 0.2) is 72.8 Å². The molecule has 1 amide bonds. The zero-order chi connectivity index (χ0) is 27.6. The van der Waals surface area contributed by atoms with Gasteiger partial charge >= 0.3 is 6.18 Å². The molecule has 2 atom stereocenters. The summed E-state index contributed by atoms with van der Waals surface area (Å²) >= 11 is 6.11. The lowest BCUT2D eigenvalue weighted by Gasteiger charge is -2.36. The maximum Gasteiger partial charge on any atom is 0.416 e. The average Bonchev–Trinajstić information content (AvgIpc) is 3.65. The number of carbonyl (C=O) groups excluding carboxylic acids is 1. The number of piperazine rings is 1. The molecule has 2 aliphatic rings. The van der Waals surface area contributed by atoms with Gasteiger partial charge in [0, 0.05) is 50.0 Å². The quantitative estimate of drug-likeness (QED) is 0.347. The molecular formula is C30H30ClF4N3O. The van der Waals surface area contributed by atoms with Crippen LogP contribution >= 0.6 is 11.6 Å². The largest absolute Gasteiger partial charge is 0.416 e. The number of alkyl halides is 3. The zero-order valence-corrected chi connectivity index (χ0v) is 22.1. The van der Waals surface area contributed by atoms with E-state index in [-0.39, 0.29) is 17.6 Å². The van der Waals surface area contributed by atoms with Gasteiger partial charge in [0.25, 0.3) is 0 Å². The molecule has 3 aromatic rings. The molecule has 2 fully saturated rings. The third kappa shape index (κ3) is 6.23. The minimum Gasteiger partial charge on any atom is -0.369 e. The van der Waals surface area contributed by atoms with E-state index < -0.39 is 17.2 Å². The molecule has 3 aromatic carbocycles. The molecule has 1 aliphatic heterocycles. The van der Waals surface area contributed by atoms with Crippen molar-refractivity contribution in [3.63, 3.8) is 0 Å². The van der Waals surface area contributed by atoms with Gasteiger partial charge in [-0.25, -0.2) is 4.39 Å². The minimum absolute atomic E-state index is 0.0282. The fourth-order valence-corrected chi connectivity index (χ4v) is 5.69. The number of nitrogens with zero attached hydrogens (tertiary/aromatic N) is 2. The van der Waals surface area contributed by atoms with Gasteiger partial charge in [-0.1, -0.05) is 41.9 Å². The van der Waals surface area contributed by atoms with Crippen molar-refractivity contribution in [1.29, 1.82) is 0 Å². The third-order valence-corrected chi connectivity index (χ3v) is 8.12. The minimum atomic E-state index is -4.37. The summed E-state index contributed by atoms with van der Waals surface area (Å²) in [4.78, 5) is 17.8. The molecule has 1 N–H and O–H groups in total. The number of benzene rings is 3. The van der Waals surface area contributed by atoms with Gasteiger partial charge in [-0.2, -0.15) is 13.2 Å². The number of rotatable bonds is 8. The first kappa shape index (κ1) is 27.5. The lowest BCUT2D eigenvalue weighted by Crippen LogP contribution is -2.48. The second kappa shape index (κ2) is 11.2. The first-order chi connectivity index (χ1) is 18.6. The summed E-state index contributed by atoms with van der Waals surface area (Å²) in [6, 6.07) is 19.1. The predicted octanol–water partition coefficient (Wildman–Crippen LogP) is 5.94. The van der Waals surface area contributed by atoms with Crippen molar-refractivity contribution in [2.24, 2.45) is 5.92 Å². The van der Waals surface area contributed by atoms with Crippen LogP contribution in [0.1, 0.15) is 23.1 Å². The molecule has 0 radical (unpaired) electrons. The summed E-state index contributed by atoms with van der Waals surface area (Å²) in [5, 5.41) is 3.70. The highest BCUT2D eigenvalue weighted by molar-refractivity contribution is 6.30. The summed E-state index contributed by atoms with van der Waals surface area (Å²) in [5.41, 5.74) is 1.17. The van der Waals surface area contributed by atoms with Crippen LogP contribution in [0.25, 0.3) is 0 Å². The molecule has 4 nitrogen and oxygen atoms in total. The Labute approximate surface area is 230 Å². The molecule has 0 aromatic heterocycles. The van der Waals surface area contributed by atoms with Gasteiger partial charge in [0.05, 0.1) is 11.0 Å². The Hall–Kier alpha value is -3.10. The van der Waals surface area contributed by atoms with Crippen LogP contribution in [0.2, 0.25) is 5.02 Å². The average molecular weight is 560 g/mol. The van der Waals surface area contributed by atoms with Crippen molar-refractivity contribution >= 4 is 23.2 Å². The Balaban J connectivity index is 1.21. The number of halogens is 5. The molecule has 0 spiro atoms. The van der Waals surface area contributed by atoms with Crippen LogP contribution in [0.4, 0.5) is 23.2 Å². The first-order valence-corrected chi connectivity index (χ1v) is 13.5. The van der Waals surface area contributed by atoms with E-state index >= 15 is 0 Å². The standard InChI is InChI=1S/C30H30ClF4N3O/c31-25-8-6-22(7-9-25)29(28(39)36-13-12-21-4-10-26(32)11-5-21)19-24(29)20-37-14-16-38(17-15-37)27-3-1-2-23(18-27)30(33,34)35/h1-11,18,24H,12-17,19-20H2,(H,36,39)/t24-,29+/m0/s1. The highest BCUT2D eigenvalue weighted by Crippen LogP contribution is 2.55. The van der Waals surface area contributed by atoms with Crippen LogP contribution < -0.4 is 10.2 Å². The SMILES string of the molecule is O=C(NCCc1ccc(F)cc1)[C@@]1(c2ccc(Cl)cc2)C[C@H]1CN1CCN(c2cccc(C(F)(F)F)c2)CC1. The van der Waals surface area contributed by atoms with Crippen LogP contribution in [-0.2, 0) is 22.8 Å². The number of amides is 1. The summed E-state index contributed by atoms with van der Waals surface area (Å²) in [5.74, 6) is -0.204. The monoisotopic (exact) mass is 559 g/mol. The fraction of sp³-hybridized carbons (Fsp3) is 0.367. The maximum atomic E-state index is 13.5. The summed E-state index contributed by atoms with van der Waals surface area (Å²) < 4.78 is 52.6. The Morgan fingerprint density at radius 1 is 0.974 bits per heavy atom. The van der Waals surface area contributed by atoms with E-state index in [2.05, 4.69) is 10.2 Å². The van der Waals surface area contributed by atoms with Gasteiger partial charge in [0.1, 0.15) is 5.82 Å². The van der Waals surface area contributed by atoms with Crippen molar-refractivity contribution < 1.29 is 22.4 Å². The molecule has 1 saturated carbocycles. The molecule has 9 heteroatoms. The summed E-state index contributed by atoms with van der Waals surface area (Å²) in [7, 11) is 0. The smallest absolute Gasteiger partial charge is 0.369 e. The van der Waals surface area contributed by atoms with Crippen molar-refractivity contribution in [3.05, 3.63) is 100 Å². The van der Waals surface area contributed by atoms with Gasteiger partial charge in [-0.3, -0.25) is 9.69 Å². The van der Waals surface area contributed by atoms with Crippen LogP contribution in [0.3, 0.4) is 0 Å². The lowest BCUT2D eigenvalue weighted by atomic mass is 9.91. The Bertz CT molecular complexity index is 1290. The predicted molar refractivity (Wildman–Crippen MR) is 144 cm³/mol. The van der Waals surface area contributed by atoms with Gasteiger partial charge in [-0.15, -0.1) is 0 Å². The Morgan fingerprint density at radius 2 is 1.67 bits per heavy atom. The number of anilines is 1. The van der Waals surface area contributed by atoms with Crippen LogP contribution in [0, 0.1) is 11.7 Å².